The Morgan fingerprint density at radius 3 is 2.65 bits per heavy atom. The molecule has 0 radical (unpaired) electrons. The van der Waals surface area contributed by atoms with Crippen molar-refractivity contribution in [3.8, 4) is 5.75 Å². The molecule has 17 heavy (non-hydrogen) atoms. The number of nitrogens with two attached hydrogens (primary N) is 1. The topological polar surface area (TPSA) is 64.3 Å². The molecule has 0 atom stereocenters. The SMILES string of the molecule is NC(=S)CCNC(=O)COc1ccc(Cl)cc1. The number of nitrogens with one attached hydrogen (secondary N) is 1. The predicted octanol–water partition coefficient (Wildman–Crippen LogP) is 1.51. The van der Waals surface area contributed by atoms with Crippen molar-refractivity contribution in [3.05, 3.63) is 29.3 Å². The summed E-state index contributed by atoms with van der Waals surface area (Å²) in [5, 5.41) is 3.26. The molecule has 92 valence electrons. The van der Waals surface area contributed by atoms with Crippen LogP contribution in [0.3, 0.4) is 0 Å². The molecule has 1 aromatic carbocycles. The summed E-state index contributed by atoms with van der Waals surface area (Å²) in [4.78, 5) is 11.7. The van der Waals surface area contributed by atoms with Gasteiger partial charge in [0.1, 0.15) is 5.75 Å². The molecule has 0 spiro atoms. The predicted molar refractivity (Wildman–Crippen MR) is 71.4 cm³/mol. The maximum Gasteiger partial charge on any atom is 0.257 e. The van der Waals surface area contributed by atoms with Gasteiger partial charge in [0, 0.05) is 18.0 Å². The molecule has 0 fully saturated rings. The molecule has 4 nitrogen and oxygen atoms in total. The number of amides is 1. The first-order chi connectivity index (χ1) is 8.08. The summed E-state index contributed by atoms with van der Waals surface area (Å²) in [6, 6.07) is 6.79. The highest BCUT2D eigenvalue weighted by atomic mass is 35.5. The largest absolute Gasteiger partial charge is 0.484 e. The number of benzene rings is 1. The molecule has 0 aromatic heterocycles. The molecule has 0 aliphatic heterocycles. The highest BCUT2D eigenvalue weighted by Crippen LogP contribution is 2.15. The van der Waals surface area contributed by atoms with E-state index in [1.54, 1.807) is 24.3 Å². The molecular weight excluding hydrogens is 260 g/mol. The number of thiocarbonyl (C=S) groups is 1. The van der Waals surface area contributed by atoms with Crippen LogP contribution in [-0.4, -0.2) is 24.0 Å². The third kappa shape index (κ3) is 6.09. The van der Waals surface area contributed by atoms with Crippen LogP contribution in [0, 0.1) is 0 Å². The van der Waals surface area contributed by atoms with Gasteiger partial charge in [-0.15, -0.1) is 0 Å². The lowest BCUT2D eigenvalue weighted by Gasteiger charge is -2.07. The molecule has 0 heterocycles. The maximum absolute atomic E-state index is 11.3. The lowest BCUT2D eigenvalue weighted by atomic mass is 10.3. The Hall–Kier alpha value is -1.33. The van der Waals surface area contributed by atoms with Crippen molar-refractivity contribution in [3.63, 3.8) is 0 Å². The molecule has 0 unspecified atom stereocenters. The van der Waals surface area contributed by atoms with Gasteiger partial charge >= 0.3 is 0 Å². The summed E-state index contributed by atoms with van der Waals surface area (Å²) in [7, 11) is 0. The Morgan fingerprint density at radius 2 is 2.06 bits per heavy atom. The molecule has 0 saturated heterocycles. The summed E-state index contributed by atoms with van der Waals surface area (Å²) in [5.41, 5.74) is 5.29. The van der Waals surface area contributed by atoms with Gasteiger partial charge < -0.3 is 15.8 Å². The van der Waals surface area contributed by atoms with Gasteiger partial charge in [-0.1, -0.05) is 23.8 Å². The Morgan fingerprint density at radius 1 is 1.41 bits per heavy atom. The number of ether oxygens (including phenoxy) is 1. The third-order valence-electron chi connectivity index (χ3n) is 1.88. The Balaban J connectivity index is 2.23. The zero-order valence-corrected chi connectivity index (χ0v) is 10.7. The first-order valence-electron chi connectivity index (χ1n) is 5.01. The van der Waals surface area contributed by atoms with Crippen molar-refractivity contribution in [1.29, 1.82) is 0 Å². The lowest BCUT2D eigenvalue weighted by Crippen LogP contribution is -2.31. The van der Waals surface area contributed by atoms with Gasteiger partial charge in [0.05, 0.1) is 4.99 Å². The van der Waals surface area contributed by atoms with Gasteiger partial charge in [-0.3, -0.25) is 4.79 Å². The molecule has 1 rings (SSSR count). The van der Waals surface area contributed by atoms with Crippen molar-refractivity contribution < 1.29 is 9.53 Å². The maximum atomic E-state index is 11.3. The zero-order chi connectivity index (χ0) is 12.7. The second-order valence-electron chi connectivity index (χ2n) is 3.31. The minimum atomic E-state index is -0.212. The Kier molecular flexibility index (Phi) is 5.72. The number of carbonyl (C=O) groups excluding carboxylic acids is 1. The molecule has 0 aliphatic rings. The molecule has 3 N–H and O–H groups in total. The van der Waals surface area contributed by atoms with Crippen LogP contribution in [0.15, 0.2) is 24.3 Å². The van der Waals surface area contributed by atoms with E-state index >= 15 is 0 Å². The number of halogens is 1. The van der Waals surface area contributed by atoms with Crippen molar-refractivity contribution in [1.82, 2.24) is 5.32 Å². The second kappa shape index (κ2) is 7.09. The average molecular weight is 273 g/mol. The van der Waals surface area contributed by atoms with Crippen molar-refractivity contribution >= 4 is 34.7 Å². The minimum Gasteiger partial charge on any atom is -0.484 e. The molecule has 0 aliphatic carbocycles. The summed E-state index contributed by atoms with van der Waals surface area (Å²) in [5.74, 6) is 0.384. The van der Waals surface area contributed by atoms with E-state index in [1.807, 2.05) is 0 Å². The summed E-state index contributed by atoms with van der Waals surface area (Å²) in [6.45, 7) is 0.386. The molecule has 0 saturated carbocycles. The Labute approximate surface area is 110 Å². The fourth-order valence-electron chi connectivity index (χ4n) is 1.06. The molecule has 1 amide bonds. The monoisotopic (exact) mass is 272 g/mol. The van der Waals surface area contributed by atoms with Crippen LogP contribution in [0.25, 0.3) is 0 Å². The average Bonchev–Trinajstić information content (AvgIpc) is 2.28. The van der Waals surface area contributed by atoms with Crippen LogP contribution in [0.2, 0.25) is 5.02 Å². The quantitative estimate of drug-likeness (QED) is 0.771. The molecular formula is C11H13ClN2O2S. The van der Waals surface area contributed by atoms with E-state index in [0.717, 1.165) is 0 Å². The second-order valence-corrected chi connectivity index (χ2v) is 4.27. The van der Waals surface area contributed by atoms with E-state index in [-0.39, 0.29) is 12.5 Å². The third-order valence-corrected chi connectivity index (χ3v) is 2.33. The zero-order valence-electron chi connectivity index (χ0n) is 9.11. The van der Waals surface area contributed by atoms with E-state index in [1.165, 1.54) is 0 Å². The van der Waals surface area contributed by atoms with E-state index < -0.39 is 0 Å². The van der Waals surface area contributed by atoms with Gasteiger partial charge in [0.25, 0.3) is 5.91 Å². The first kappa shape index (κ1) is 13.7. The number of hydrogen-bond acceptors (Lipinski definition) is 3. The number of hydrogen-bond donors (Lipinski definition) is 2. The van der Waals surface area contributed by atoms with Crippen molar-refractivity contribution in [2.24, 2.45) is 5.73 Å². The van der Waals surface area contributed by atoms with E-state index in [2.05, 4.69) is 17.5 Å². The van der Waals surface area contributed by atoms with E-state index in [9.17, 15) is 4.79 Å². The molecule has 0 bridgehead atoms. The normalized spacial score (nSPS) is 9.71. The first-order valence-corrected chi connectivity index (χ1v) is 5.80. The number of rotatable bonds is 6. The van der Waals surface area contributed by atoms with Crippen molar-refractivity contribution in [2.75, 3.05) is 13.2 Å². The summed E-state index contributed by atoms with van der Waals surface area (Å²) in [6.07, 6.45) is 0.488. The Bertz CT molecular complexity index is 395. The fraction of sp³-hybridized carbons (Fsp3) is 0.273. The smallest absolute Gasteiger partial charge is 0.257 e. The minimum absolute atomic E-state index is 0.0427. The van der Waals surface area contributed by atoms with E-state index in [0.29, 0.717) is 28.7 Å². The van der Waals surface area contributed by atoms with Gasteiger partial charge in [0.2, 0.25) is 0 Å². The van der Waals surface area contributed by atoms with Crippen molar-refractivity contribution in [2.45, 2.75) is 6.42 Å². The standard InChI is InChI=1S/C11H13ClN2O2S/c12-8-1-3-9(4-2-8)16-7-11(15)14-6-5-10(13)17/h1-4H,5-7H2,(H2,13,17)(H,14,15). The summed E-state index contributed by atoms with van der Waals surface area (Å²) >= 11 is 10.4. The van der Waals surface area contributed by atoms with Crippen LogP contribution >= 0.6 is 23.8 Å². The van der Waals surface area contributed by atoms with Gasteiger partial charge in [-0.25, -0.2) is 0 Å². The van der Waals surface area contributed by atoms with Crippen LogP contribution in [0.4, 0.5) is 0 Å². The fourth-order valence-corrected chi connectivity index (χ4v) is 1.28. The van der Waals surface area contributed by atoms with Crippen LogP contribution < -0.4 is 15.8 Å². The molecule has 6 heteroatoms. The van der Waals surface area contributed by atoms with Gasteiger partial charge in [-0.05, 0) is 24.3 Å². The number of carbonyl (C=O) groups is 1. The van der Waals surface area contributed by atoms with Gasteiger partial charge in [-0.2, -0.15) is 0 Å². The van der Waals surface area contributed by atoms with E-state index in [4.69, 9.17) is 22.1 Å². The summed E-state index contributed by atoms with van der Waals surface area (Å²) < 4.78 is 5.25. The molecule has 1 aromatic rings. The van der Waals surface area contributed by atoms with Crippen LogP contribution in [-0.2, 0) is 4.79 Å². The van der Waals surface area contributed by atoms with Crippen LogP contribution in [0.1, 0.15) is 6.42 Å². The highest BCUT2D eigenvalue weighted by molar-refractivity contribution is 7.80. The lowest BCUT2D eigenvalue weighted by molar-refractivity contribution is -0.123. The van der Waals surface area contributed by atoms with Gasteiger partial charge in [0.15, 0.2) is 6.61 Å². The highest BCUT2D eigenvalue weighted by Gasteiger charge is 2.02. The van der Waals surface area contributed by atoms with Crippen LogP contribution in [0.5, 0.6) is 5.75 Å².